The van der Waals surface area contributed by atoms with Gasteiger partial charge in [-0.25, -0.2) is 4.39 Å². The molecule has 4 nitrogen and oxygen atoms in total. The Hall–Kier alpha value is -2.14. The van der Waals surface area contributed by atoms with Crippen molar-refractivity contribution in [3.05, 3.63) is 59.8 Å². The fourth-order valence-corrected chi connectivity index (χ4v) is 2.95. The fourth-order valence-electron chi connectivity index (χ4n) is 2.95. The number of β-amino-alcohol motifs (C(OH)–C–C–N with tert-alkyl or cyclic N) is 1. The summed E-state index contributed by atoms with van der Waals surface area (Å²) in [6.45, 7) is 0.297. The second kappa shape index (κ2) is 6.32. The van der Waals surface area contributed by atoms with Crippen molar-refractivity contribution in [2.45, 2.75) is 31.4 Å². The molecule has 0 saturated carbocycles. The molecule has 0 aliphatic carbocycles. The predicted octanol–water partition coefficient (Wildman–Crippen LogP) is 2.69. The summed E-state index contributed by atoms with van der Waals surface area (Å²) in [6, 6.07) is 7.79. The minimum absolute atomic E-state index is 0.0352. The largest absolute Gasteiger partial charge is 0.472 e. The monoisotopic (exact) mass is 303 g/mol. The van der Waals surface area contributed by atoms with Crippen LogP contribution in [0.3, 0.4) is 0 Å². The van der Waals surface area contributed by atoms with Crippen molar-refractivity contribution in [3.8, 4) is 0 Å². The molecule has 1 aromatic heterocycles. The Kier molecular flexibility index (Phi) is 4.24. The van der Waals surface area contributed by atoms with Crippen molar-refractivity contribution in [3.63, 3.8) is 0 Å². The maximum atomic E-state index is 13.4. The number of nitrogens with zero attached hydrogens (tertiary/aromatic N) is 1. The van der Waals surface area contributed by atoms with Gasteiger partial charge in [-0.3, -0.25) is 4.79 Å². The fraction of sp³-hybridized carbons (Fsp3) is 0.353. The molecule has 2 aromatic rings. The summed E-state index contributed by atoms with van der Waals surface area (Å²) >= 11 is 0. The van der Waals surface area contributed by atoms with Crippen molar-refractivity contribution < 1.29 is 18.7 Å². The highest BCUT2D eigenvalue weighted by molar-refractivity contribution is 5.77. The van der Waals surface area contributed by atoms with Crippen molar-refractivity contribution >= 4 is 5.91 Å². The molecule has 1 aliphatic heterocycles. The van der Waals surface area contributed by atoms with Gasteiger partial charge in [0.2, 0.25) is 5.91 Å². The molecule has 2 atom stereocenters. The minimum Gasteiger partial charge on any atom is -0.472 e. The molecule has 5 heteroatoms. The quantitative estimate of drug-likeness (QED) is 0.945. The van der Waals surface area contributed by atoms with Gasteiger partial charge in [-0.05, 0) is 42.2 Å². The second-order valence-electron chi connectivity index (χ2n) is 5.64. The van der Waals surface area contributed by atoms with E-state index in [-0.39, 0.29) is 17.8 Å². The van der Waals surface area contributed by atoms with E-state index in [0.29, 0.717) is 25.8 Å². The molecule has 1 amide bonds. The molecule has 1 aliphatic rings. The highest BCUT2D eigenvalue weighted by Gasteiger charge is 2.35. The van der Waals surface area contributed by atoms with Crippen LogP contribution in [0.25, 0.3) is 0 Å². The summed E-state index contributed by atoms with van der Waals surface area (Å²) in [5.41, 5.74) is 1.70. The number of likely N-dealkylation sites (tertiary alicyclic amines) is 1. The lowest BCUT2D eigenvalue weighted by Gasteiger charge is -2.24. The lowest BCUT2D eigenvalue weighted by molar-refractivity contribution is -0.132. The molecule has 0 bridgehead atoms. The predicted molar refractivity (Wildman–Crippen MR) is 78.5 cm³/mol. The van der Waals surface area contributed by atoms with Crippen LogP contribution in [0, 0.1) is 5.82 Å². The number of aliphatic hydroxyl groups excluding tert-OH is 1. The molecule has 2 heterocycles. The highest BCUT2D eigenvalue weighted by atomic mass is 19.1. The van der Waals surface area contributed by atoms with Gasteiger partial charge >= 0.3 is 0 Å². The molecule has 1 saturated heterocycles. The Morgan fingerprint density at radius 2 is 2.27 bits per heavy atom. The van der Waals surface area contributed by atoms with Crippen LogP contribution in [0.5, 0.6) is 0 Å². The van der Waals surface area contributed by atoms with Gasteiger partial charge in [-0.1, -0.05) is 12.1 Å². The Labute approximate surface area is 128 Å². The number of aliphatic hydroxyl groups is 1. The lowest BCUT2D eigenvalue weighted by Crippen LogP contribution is -2.32. The van der Waals surface area contributed by atoms with Crippen molar-refractivity contribution in [2.24, 2.45) is 0 Å². The van der Waals surface area contributed by atoms with Crippen LogP contribution in [0.1, 0.15) is 30.0 Å². The number of rotatable bonds is 4. The van der Waals surface area contributed by atoms with Gasteiger partial charge in [0.1, 0.15) is 5.82 Å². The number of amides is 1. The van der Waals surface area contributed by atoms with Crippen LogP contribution in [0.4, 0.5) is 4.39 Å². The van der Waals surface area contributed by atoms with E-state index in [1.807, 2.05) is 6.07 Å². The standard InChI is InChI=1S/C17H18FNO3/c18-14-3-1-2-13(8-14)16-9-15(20)10-19(16)17(21)5-4-12-6-7-22-11-12/h1-3,6-8,11,15-16,20H,4-5,9-10H2/t15-,16-/m0/s1. The number of furan rings is 1. The summed E-state index contributed by atoms with van der Waals surface area (Å²) < 4.78 is 18.4. The maximum absolute atomic E-state index is 13.4. The summed E-state index contributed by atoms with van der Waals surface area (Å²) in [5.74, 6) is -0.364. The average Bonchev–Trinajstić information content (AvgIpc) is 3.14. The van der Waals surface area contributed by atoms with Crippen LogP contribution in [0.15, 0.2) is 47.3 Å². The topological polar surface area (TPSA) is 53.7 Å². The average molecular weight is 303 g/mol. The smallest absolute Gasteiger partial charge is 0.223 e. The van der Waals surface area contributed by atoms with Gasteiger partial charge in [0.05, 0.1) is 24.7 Å². The zero-order valence-electron chi connectivity index (χ0n) is 12.1. The van der Waals surface area contributed by atoms with E-state index in [2.05, 4.69) is 0 Å². The normalized spacial score (nSPS) is 21.3. The maximum Gasteiger partial charge on any atom is 0.223 e. The van der Waals surface area contributed by atoms with E-state index >= 15 is 0 Å². The highest BCUT2D eigenvalue weighted by Crippen LogP contribution is 2.33. The number of aryl methyl sites for hydroxylation is 1. The third-order valence-electron chi connectivity index (χ3n) is 4.04. The summed E-state index contributed by atoms with van der Waals surface area (Å²) in [6.07, 6.45) is 4.02. The van der Waals surface area contributed by atoms with Gasteiger partial charge in [0.25, 0.3) is 0 Å². The minimum atomic E-state index is -0.564. The van der Waals surface area contributed by atoms with Crippen molar-refractivity contribution in [1.82, 2.24) is 4.90 Å². The Morgan fingerprint density at radius 3 is 3.00 bits per heavy atom. The van der Waals surface area contributed by atoms with E-state index < -0.39 is 6.10 Å². The molecule has 1 aromatic carbocycles. The van der Waals surface area contributed by atoms with Crippen LogP contribution in [0.2, 0.25) is 0 Å². The van der Waals surface area contributed by atoms with E-state index in [0.717, 1.165) is 11.1 Å². The molecular formula is C17H18FNO3. The molecule has 1 fully saturated rings. The second-order valence-corrected chi connectivity index (χ2v) is 5.64. The molecular weight excluding hydrogens is 285 g/mol. The van der Waals surface area contributed by atoms with Crippen molar-refractivity contribution in [2.75, 3.05) is 6.54 Å². The first kappa shape index (κ1) is 14.8. The van der Waals surface area contributed by atoms with Crippen molar-refractivity contribution in [1.29, 1.82) is 0 Å². The molecule has 0 unspecified atom stereocenters. The summed E-state index contributed by atoms with van der Waals surface area (Å²) in [7, 11) is 0. The number of hydrogen-bond acceptors (Lipinski definition) is 3. The van der Waals surface area contributed by atoms with Crippen LogP contribution >= 0.6 is 0 Å². The molecule has 1 N–H and O–H groups in total. The molecule has 22 heavy (non-hydrogen) atoms. The number of halogens is 1. The SMILES string of the molecule is O=C(CCc1ccoc1)N1C[C@@H](O)C[C@H]1c1cccc(F)c1. The van der Waals surface area contributed by atoms with Gasteiger partial charge in [-0.15, -0.1) is 0 Å². The Balaban J connectivity index is 1.71. The van der Waals surface area contributed by atoms with E-state index in [4.69, 9.17) is 4.42 Å². The lowest BCUT2D eigenvalue weighted by atomic mass is 10.0. The van der Waals surface area contributed by atoms with Crippen LogP contribution in [-0.2, 0) is 11.2 Å². The zero-order chi connectivity index (χ0) is 15.5. The number of carbonyl (C=O) groups is 1. The number of carbonyl (C=O) groups excluding carboxylic acids is 1. The molecule has 3 rings (SSSR count). The van der Waals surface area contributed by atoms with Gasteiger partial charge < -0.3 is 14.4 Å². The molecule has 0 radical (unpaired) electrons. The molecule has 0 spiro atoms. The van der Waals surface area contributed by atoms with Crippen LogP contribution in [-0.4, -0.2) is 28.6 Å². The van der Waals surface area contributed by atoms with Crippen LogP contribution < -0.4 is 0 Å². The van der Waals surface area contributed by atoms with E-state index in [9.17, 15) is 14.3 Å². The van der Waals surface area contributed by atoms with Gasteiger partial charge in [0, 0.05) is 13.0 Å². The first-order chi connectivity index (χ1) is 10.6. The van der Waals surface area contributed by atoms with E-state index in [1.165, 1.54) is 12.1 Å². The Morgan fingerprint density at radius 1 is 1.41 bits per heavy atom. The summed E-state index contributed by atoms with van der Waals surface area (Å²) in [4.78, 5) is 14.1. The van der Waals surface area contributed by atoms with Gasteiger partial charge in [-0.2, -0.15) is 0 Å². The first-order valence-corrected chi connectivity index (χ1v) is 7.37. The van der Waals surface area contributed by atoms with Gasteiger partial charge in [0.15, 0.2) is 0 Å². The number of benzene rings is 1. The molecule has 116 valence electrons. The third kappa shape index (κ3) is 3.20. The first-order valence-electron chi connectivity index (χ1n) is 7.37. The zero-order valence-corrected chi connectivity index (χ0v) is 12.1. The Bertz CT molecular complexity index is 641. The summed E-state index contributed by atoms with van der Waals surface area (Å²) in [5, 5.41) is 9.90. The van der Waals surface area contributed by atoms with E-state index in [1.54, 1.807) is 29.6 Å². The third-order valence-corrected chi connectivity index (χ3v) is 4.04. The number of hydrogen-bond donors (Lipinski definition) is 1.